The van der Waals surface area contributed by atoms with Crippen molar-refractivity contribution in [2.45, 2.75) is 76.6 Å². The first-order valence-corrected chi connectivity index (χ1v) is 15.2. The van der Waals surface area contributed by atoms with E-state index in [0.29, 0.717) is 75.8 Å². The van der Waals surface area contributed by atoms with Gasteiger partial charge >= 0.3 is 0 Å². The topological polar surface area (TPSA) is 138 Å². The molecule has 0 radical (unpaired) electrons. The quantitative estimate of drug-likeness (QED) is 0.409. The lowest BCUT2D eigenvalue weighted by Crippen LogP contribution is -2.42. The molecule has 2 amide bonds. The summed E-state index contributed by atoms with van der Waals surface area (Å²) in [6.07, 6.45) is 6.80. The third-order valence-corrected chi connectivity index (χ3v) is 9.60. The van der Waals surface area contributed by atoms with Gasteiger partial charge in [-0.3, -0.25) is 9.59 Å². The van der Waals surface area contributed by atoms with E-state index in [1.165, 1.54) is 17.4 Å². The Balaban J connectivity index is 1.24. The molecule has 3 fully saturated rings. The molecule has 4 heterocycles. The van der Waals surface area contributed by atoms with Crippen LogP contribution in [0.5, 0.6) is 0 Å². The van der Waals surface area contributed by atoms with E-state index in [2.05, 4.69) is 34.4 Å². The van der Waals surface area contributed by atoms with Gasteiger partial charge in [0.15, 0.2) is 11.5 Å². The van der Waals surface area contributed by atoms with E-state index in [9.17, 15) is 14.7 Å². The first kappa shape index (κ1) is 27.2. The lowest BCUT2D eigenvalue weighted by Gasteiger charge is -2.33. The molecule has 2 saturated carbocycles. The van der Waals surface area contributed by atoms with Crippen LogP contribution in [0, 0.1) is 5.92 Å². The zero-order valence-corrected chi connectivity index (χ0v) is 24.3. The van der Waals surface area contributed by atoms with E-state index < -0.39 is 5.60 Å². The van der Waals surface area contributed by atoms with Gasteiger partial charge in [-0.15, -0.1) is 5.10 Å². The Morgan fingerprint density at radius 3 is 2.64 bits per heavy atom. The average Bonchev–Trinajstić information content (AvgIpc) is 3.70. The maximum absolute atomic E-state index is 13.7. The average molecular weight is 574 g/mol. The van der Waals surface area contributed by atoms with E-state index in [1.807, 2.05) is 17.9 Å². The Hall–Kier alpha value is -3.70. The number of fused-ring (bicyclic) bond motifs is 2. The van der Waals surface area contributed by atoms with Gasteiger partial charge in [0.2, 0.25) is 0 Å². The molecule has 1 unspecified atom stereocenters. The second kappa shape index (κ2) is 10.2. The Morgan fingerprint density at radius 2 is 1.93 bits per heavy atom. The number of rotatable bonds is 6. The van der Waals surface area contributed by atoms with E-state index in [4.69, 9.17) is 15.5 Å². The van der Waals surface area contributed by atoms with Crippen molar-refractivity contribution in [1.29, 1.82) is 0 Å². The number of carbonyl (C=O) groups is 2. The summed E-state index contributed by atoms with van der Waals surface area (Å²) in [6.45, 7) is 7.25. The first-order chi connectivity index (χ1) is 20.2. The summed E-state index contributed by atoms with van der Waals surface area (Å²) in [4.78, 5) is 36.3. The van der Waals surface area contributed by atoms with Gasteiger partial charge < -0.3 is 30.7 Å². The van der Waals surface area contributed by atoms with E-state index >= 15 is 0 Å². The van der Waals surface area contributed by atoms with Crippen molar-refractivity contribution in [3.8, 4) is 11.3 Å². The van der Waals surface area contributed by atoms with Gasteiger partial charge in [-0.25, -0.2) is 9.50 Å². The molecule has 11 nitrogen and oxygen atoms in total. The molecule has 11 heteroatoms. The normalized spacial score (nSPS) is 25.1. The molecule has 2 aliphatic heterocycles. The number of carbonyl (C=O) groups excluding carboxylic acids is 2. The second-order valence-electron chi connectivity index (χ2n) is 12.7. The highest BCUT2D eigenvalue weighted by Gasteiger charge is 2.40. The Morgan fingerprint density at radius 1 is 1.19 bits per heavy atom. The zero-order valence-electron chi connectivity index (χ0n) is 24.3. The fraction of sp³-hybridized carbons (Fsp3) is 0.548. The molecule has 222 valence electrons. The minimum atomic E-state index is -0.686. The molecular formula is C31H39N7O4. The molecule has 7 rings (SSSR count). The molecule has 42 heavy (non-hydrogen) atoms. The summed E-state index contributed by atoms with van der Waals surface area (Å²) < 4.78 is 7.15. The van der Waals surface area contributed by atoms with E-state index in [1.54, 1.807) is 6.20 Å². The fourth-order valence-corrected chi connectivity index (χ4v) is 6.79. The fourth-order valence-electron chi connectivity index (χ4n) is 6.79. The highest BCUT2D eigenvalue weighted by atomic mass is 16.5. The van der Waals surface area contributed by atoms with Gasteiger partial charge in [-0.05, 0) is 82.1 Å². The standard InChI is InChI=1S/C31H39N7O4/c1-18(19-3-4-19)37-17-21-15-20(16-24(25(21)30(37)40)36-11-13-42-14-12-36)23-7-10-38-28(34-23)26(27(32)35-38)29(39)33-22-5-8-31(2,41)9-6-22/h7,10,15-16,18-19,22,41H,3-6,8-9,11-14,17H2,1-2H3,(H2,32,35)(H,33,39)/t18?,22-,31+. The van der Waals surface area contributed by atoms with Crippen LogP contribution in [0.25, 0.3) is 16.9 Å². The number of amides is 2. The number of benzene rings is 1. The monoisotopic (exact) mass is 573 g/mol. The van der Waals surface area contributed by atoms with E-state index in [0.717, 1.165) is 22.4 Å². The van der Waals surface area contributed by atoms with Crippen LogP contribution in [0.2, 0.25) is 0 Å². The summed E-state index contributed by atoms with van der Waals surface area (Å²) in [5.41, 5.74) is 10.5. The Labute approximate surface area is 245 Å². The summed E-state index contributed by atoms with van der Waals surface area (Å²) in [7, 11) is 0. The molecule has 3 aromatic rings. The number of nitrogens with two attached hydrogens (primary N) is 1. The molecule has 4 aliphatic rings. The molecule has 1 saturated heterocycles. The van der Waals surface area contributed by atoms with Crippen molar-refractivity contribution in [2.75, 3.05) is 36.9 Å². The van der Waals surface area contributed by atoms with Crippen molar-refractivity contribution >= 4 is 29.0 Å². The predicted molar refractivity (Wildman–Crippen MR) is 158 cm³/mol. The number of aromatic nitrogens is 3. The number of nitrogen functional groups attached to an aromatic ring is 1. The predicted octanol–water partition coefficient (Wildman–Crippen LogP) is 2.99. The van der Waals surface area contributed by atoms with Gasteiger partial charge in [0.05, 0.1) is 35.8 Å². The van der Waals surface area contributed by atoms with Crippen LogP contribution in [0.4, 0.5) is 11.5 Å². The number of morpholine rings is 1. The summed E-state index contributed by atoms with van der Waals surface area (Å²) in [6, 6.07) is 6.17. The molecule has 1 atom stereocenters. The van der Waals surface area contributed by atoms with Crippen molar-refractivity contribution < 1.29 is 19.4 Å². The van der Waals surface area contributed by atoms with Gasteiger partial charge in [0.25, 0.3) is 11.8 Å². The number of hydrogen-bond acceptors (Lipinski definition) is 8. The zero-order chi connectivity index (χ0) is 29.2. The number of aliphatic hydroxyl groups is 1. The molecule has 1 aromatic carbocycles. The minimum absolute atomic E-state index is 0.0402. The second-order valence-corrected chi connectivity index (χ2v) is 12.7. The minimum Gasteiger partial charge on any atom is -0.390 e. The highest BCUT2D eigenvalue weighted by molar-refractivity contribution is 6.06. The van der Waals surface area contributed by atoms with Gasteiger partial charge in [-0.1, -0.05) is 0 Å². The Kier molecular flexibility index (Phi) is 6.62. The molecule has 0 bridgehead atoms. The molecule has 2 aliphatic carbocycles. The van der Waals surface area contributed by atoms with Crippen LogP contribution in [0.15, 0.2) is 24.4 Å². The lowest BCUT2D eigenvalue weighted by atomic mass is 9.83. The largest absolute Gasteiger partial charge is 0.390 e. The SMILES string of the molecule is CC(C1CC1)N1Cc2cc(-c3ccn4nc(N)c(C(=O)N[C@H]5CC[C@@](C)(O)CC5)c4n3)cc(N3CCOCC3)c2C1=O. The smallest absolute Gasteiger partial charge is 0.259 e. The third kappa shape index (κ3) is 4.88. The molecule has 0 spiro atoms. The van der Waals surface area contributed by atoms with Crippen LogP contribution in [-0.2, 0) is 11.3 Å². The lowest BCUT2D eigenvalue weighted by molar-refractivity contribution is 0.0140. The van der Waals surface area contributed by atoms with Gasteiger partial charge in [-0.2, -0.15) is 0 Å². The number of anilines is 2. The van der Waals surface area contributed by atoms with E-state index in [-0.39, 0.29) is 35.3 Å². The molecule has 4 N–H and O–H groups in total. The Bertz CT molecular complexity index is 1550. The third-order valence-electron chi connectivity index (χ3n) is 9.60. The highest BCUT2D eigenvalue weighted by Crippen LogP contribution is 2.42. The van der Waals surface area contributed by atoms with Crippen molar-refractivity contribution in [3.05, 3.63) is 41.1 Å². The maximum atomic E-state index is 13.7. The van der Waals surface area contributed by atoms with Crippen LogP contribution in [0.1, 0.15) is 78.7 Å². The van der Waals surface area contributed by atoms with Crippen molar-refractivity contribution in [2.24, 2.45) is 5.92 Å². The van der Waals surface area contributed by atoms with Crippen LogP contribution < -0.4 is 16.0 Å². The summed E-state index contributed by atoms with van der Waals surface area (Å²) in [5, 5.41) is 17.7. The first-order valence-electron chi connectivity index (χ1n) is 15.2. The van der Waals surface area contributed by atoms with Crippen LogP contribution in [0.3, 0.4) is 0 Å². The number of nitrogens with zero attached hydrogens (tertiary/aromatic N) is 5. The van der Waals surface area contributed by atoms with Gasteiger partial charge in [0, 0.05) is 43.5 Å². The molecular weight excluding hydrogens is 534 g/mol. The maximum Gasteiger partial charge on any atom is 0.259 e. The van der Waals surface area contributed by atoms with Crippen molar-refractivity contribution in [1.82, 2.24) is 24.8 Å². The molecule has 2 aromatic heterocycles. The number of nitrogens with one attached hydrogen (secondary N) is 1. The van der Waals surface area contributed by atoms with Gasteiger partial charge in [0.1, 0.15) is 5.56 Å². The number of hydrogen-bond donors (Lipinski definition) is 3. The van der Waals surface area contributed by atoms with Crippen LogP contribution in [-0.4, -0.2) is 80.4 Å². The summed E-state index contributed by atoms with van der Waals surface area (Å²) >= 11 is 0. The summed E-state index contributed by atoms with van der Waals surface area (Å²) in [5.74, 6) is 0.500. The number of ether oxygens (including phenoxy) is 1. The van der Waals surface area contributed by atoms with Crippen molar-refractivity contribution in [3.63, 3.8) is 0 Å². The van der Waals surface area contributed by atoms with Crippen LogP contribution >= 0.6 is 0 Å².